The highest BCUT2D eigenvalue weighted by molar-refractivity contribution is 6.83. The van der Waals surface area contributed by atoms with E-state index in [9.17, 15) is 0 Å². The van der Waals surface area contributed by atoms with Crippen LogP contribution in [0.25, 0.3) is 0 Å². The van der Waals surface area contributed by atoms with Crippen LogP contribution in [-0.2, 0) is 0 Å². The van der Waals surface area contributed by atoms with Crippen molar-refractivity contribution in [3.05, 3.63) is 114 Å². The van der Waals surface area contributed by atoms with Gasteiger partial charge in [-0.2, -0.15) is 0 Å². The number of nitrogens with zero attached hydrogens (tertiary/aromatic N) is 2. The molecule has 0 unspecified atom stereocenters. The minimum absolute atomic E-state index is 0.159. The molecule has 0 saturated carbocycles. The van der Waals surface area contributed by atoms with Gasteiger partial charge >= 0.3 is 6.85 Å². The van der Waals surface area contributed by atoms with Crippen LogP contribution in [0, 0.1) is 0 Å². The third-order valence-corrected chi connectivity index (χ3v) is 4.92. The largest absolute Gasteiger partial charge is 0.382 e. The molecule has 0 radical (unpaired) electrons. The fourth-order valence-electron chi connectivity index (χ4n) is 3.73. The molecule has 5 rings (SSSR count). The molecule has 0 aromatic heterocycles. The summed E-state index contributed by atoms with van der Waals surface area (Å²) in [6.07, 6.45) is 6.35. The van der Waals surface area contributed by atoms with Crippen molar-refractivity contribution in [2.24, 2.45) is 4.99 Å². The molecule has 0 amide bonds. The van der Waals surface area contributed by atoms with Crippen molar-refractivity contribution in [3.8, 4) is 0 Å². The molecule has 26 heavy (non-hydrogen) atoms. The quantitative estimate of drug-likeness (QED) is 0.599. The zero-order valence-corrected chi connectivity index (χ0v) is 14.3. The summed E-state index contributed by atoms with van der Waals surface area (Å²) < 4.78 is 0. The van der Waals surface area contributed by atoms with Crippen molar-refractivity contribution < 1.29 is 0 Å². The highest BCUT2D eigenvalue weighted by Gasteiger charge is 2.30. The van der Waals surface area contributed by atoms with Gasteiger partial charge in [0.2, 0.25) is 0 Å². The van der Waals surface area contributed by atoms with Crippen LogP contribution in [0.5, 0.6) is 0 Å². The van der Waals surface area contributed by atoms with E-state index in [0.29, 0.717) is 0 Å². The first kappa shape index (κ1) is 15.0. The van der Waals surface area contributed by atoms with Gasteiger partial charge < -0.3 is 4.81 Å². The molecule has 3 aromatic carbocycles. The first-order valence-corrected chi connectivity index (χ1v) is 8.87. The summed E-state index contributed by atoms with van der Waals surface area (Å²) >= 11 is 0. The summed E-state index contributed by atoms with van der Waals surface area (Å²) in [6, 6.07) is 27.4. The first-order valence-electron chi connectivity index (χ1n) is 8.87. The fraction of sp³-hybridized carbons (Fsp3) is 0. The number of aliphatic imine (C=N–C) groups is 1. The van der Waals surface area contributed by atoms with Crippen molar-refractivity contribution in [1.29, 1.82) is 0 Å². The van der Waals surface area contributed by atoms with Crippen LogP contribution in [0.4, 0.5) is 11.4 Å². The van der Waals surface area contributed by atoms with Gasteiger partial charge in [-0.1, -0.05) is 78.8 Å². The normalized spacial score (nSPS) is 14.7. The van der Waals surface area contributed by atoms with Gasteiger partial charge in [-0.25, -0.2) is 4.99 Å². The predicted octanol–water partition coefficient (Wildman–Crippen LogP) is 4.50. The molecule has 2 nitrogen and oxygen atoms in total. The standard InChI is InChI=1S/C23H17BN2/c1-2-10-18(11-3-1)23-19-12-4-5-13-20(19)24-16-8-9-17-26(24)22-15-7-6-14-21(22)25-23/h1-17H. The minimum Gasteiger partial charge on any atom is -0.382 e. The Hall–Kier alpha value is -3.33. The van der Waals surface area contributed by atoms with Gasteiger partial charge in [0, 0.05) is 5.56 Å². The van der Waals surface area contributed by atoms with Crippen molar-refractivity contribution in [2.75, 3.05) is 4.81 Å². The molecule has 2 aliphatic rings. The van der Waals surface area contributed by atoms with Crippen molar-refractivity contribution >= 4 is 29.4 Å². The smallest absolute Gasteiger partial charge is 0.320 e. The van der Waals surface area contributed by atoms with Gasteiger partial charge in [0.05, 0.1) is 17.1 Å². The Morgan fingerprint density at radius 3 is 2.42 bits per heavy atom. The Kier molecular flexibility index (Phi) is 3.57. The van der Waals surface area contributed by atoms with E-state index in [1.165, 1.54) is 11.0 Å². The number of benzene rings is 3. The number of rotatable bonds is 1. The Balaban J connectivity index is 1.85. The van der Waals surface area contributed by atoms with Crippen LogP contribution in [-0.4, -0.2) is 12.6 Å². The van der Waals surface area contributed by atoms with E-state index in [2.05, 4.69) is 102 Å². The van der Waals surface area contributed by atoms with Gasteiger partial charge in [-0.15, -0.1) is 0 Å². The zero-order valence-electron chi connectivity index (χ0n) is 14.3. The van der Waals surface area contributed by atoms with E-state index in [-0.39, 0.29) is 6.85 Å². The number of anilines is 1. The van der Waals surface area contributed by atoms with E-state index in [4.69, 9.17) is 4.99 Å². The number of para-hydroxylation sites is 2. The summed E-state index contributed by atoms with van der Waals surface area (Å²) in [5, 5.41) is 0. The minimum atomic E-state index is 0.159. The summed E-state index contributed by atoms with van der Waals surface area (Å²) in [5.74, 6) is 2.25. The van der Waals surface area contributed by atoms with Crippen LogP contribution in [0.15, 0.2) is 108 Å². The molecule has 3 aromatic rings. The molecule has 0 saturated heterocycles. The highest BCUT2D eigenvalue weighted by Crippen LogP contribution is 2.33. The van der Waals surface area contributed by atoms with Crippen LogP contribution >= 0.6 is 0 Å². The molecule has 0 bridgehead atoms. The molecule has 2 aliphatic heterocycles. The van der Waals surface area contributed by atoms with E-state index in [0.717, 1.165) is 22.6 Å². The van der Waals surface area contributed by atoms with Crippen LogP contribution in [0.1, 0.15) is 11.1 Å². The Labute approximate surface area is 153 Å². The van der Waals surface area contributed by atoms with Crippen molar-refractivity contribution in [3.63, 3.8) is 0 Å². The Morgan fingerprint density at radius 2 is 1.50 bits per heavy atom. The zero-order chi connectivity index (χ0) is 17.3. The summed E-state index contributed by atoms with van der Waals surface area (Å²) in [5.41, 5.74) is 6.73. The number of hydrogen-bond donors (Lipinski definition) is 0. The van der Waals surface area contributed by atoms with Gasteiger partial charge in [0.1, 0.15) is 0 Å². The maximum atomic E-state index is 5.12. The maximum absolute atomic E-state index is 5.12. The average Bonchev–Trinajstić information content (AvgIpc) is 2.72. The lowest BCUT2D eigenvalue weighted by Gasteiger charge is -2.32. The summed E-state index contributed by atoms with van der Waals surface area (Å²) in [6.45, 7) is 0.159. The molecule has 0 spiro atoms. The number of allylic oxidation sites excluding steroid dienone is 2. The third-order valence-electron chi connectivity index (χ3n) is 4.92. The lowest BCUT2D eigenvalue weighted by atomic mass is 9.51. The summed E-state index contributed by atoms with van der Waals surface area (Å²) in [4.78, 5) is 7.42. The summed E-state index contributed by atoms with van der Waals surface area (Å²) in [7, 11) is 0. The second kappa shape index (κ2) is 6.19. The molecule has 2 heterocycles. The molecule has 0 atom stereocenters. The maximum Gasteiger partial charge on any atom is 0.320 e. The molecule has 0 N–H and O–H groups in total. The van der Waals surface area contributed by atoms with Gasteiger partial charge in [-0.3, -0.25) is 0 Å². The van der Waals surface area contributed by atoms with Crippen LogP contribution in [0.2, 0.25) is 0 Å². The average molecular weight is 332 g/mol. The molecule has 122 valence electrons. The lowest BCUT2D eigenvalue weighted by Crippen LogP contribution is -2.48. The molecule has 0 aliphatic carbocycles. The van der Waals surface area contributed by atoms with Crippen LogP contribution < -0.4 is 10.3 Å². The van der Waals surface area contributed by atoms with Gasteiger partial charge in [0.15, 0.2) is 0 Å². The Bertz CT molecular complexity index is 1050. The SMILES string of the molecule is C1=CB2c3ccccc3C(c3ccccc3)=Nc3ccccc3N2C=C1. The van der Waals surface area contributed by atoms with Gasteiger partial charge in [-0.05, 0) is 35.4 Å². The van der Waals surface area contributed by atoms with Gasteiger partial charge in [0.25, 0.3) is 0 Å². The van der Waals surface area contributed by atoms with E-state index in [1.54, 1.807) is 0 Å². The van der Waals surface area contributed by atoms with E-state index >= 15 is 0 Å². The highest BCUT2D eigenvalue weighted by atomic mass is 15.1. The Morgan fingerprint density at radius 1 is 0.731 bits per heavy atom. The van der Waals surface area contributed by atoms with Crippen LogP contribution in [0.3, 0.4) is 0 Å². The number of hydrogen-bond acceptors (Lipinski definition) is 2. The molecule has 0 fully saturated rings. The van der Waals surface area contributed by atoms with Crippen molar-refractivity contribution in [2.45, 2.75) is 0 Å². The van der Waals surface area contributed by atoms with Crippen molar-refractivity contribution in [1.82, 2.24) is 0 Å². The topological polar surface area (TPSA) is 15.6 Å². The predicted molar refractivity (Wildman–Crippen MR) is 111 cm³/mol. The molecule has 3 heteroatoms. The second-order valence-electron chi connectivity index (χ2n) is 6.48. The first-order chi connectivity index (χ1) is 12.9. The van der Waals surface area contributed by atoms with E-state index in [1.807, 2.05) is 6.07 Å². The third kappa shape index (κ3) is 2.41. The second-order valence-corrected chi connectivity index (χ2v) is 6.48. The van der Waals surface area contributed by atoms with E-state index < -0.39 is 0 Å². The lowest BCUT2D eigenvalue weighted by molar-refractivity contribution is 1.34. The molecular weight excluding hydrogens is 315 g/mol. The molecular formula is C23H17BN2. The number of fused-ring (bicyclic) bond motifs is 5. The monoisotopic (exact) mass is 332 g/mol. The fourth-order valence-corrected chi connectivity index (χ4v) is 3.73.